The van der Waals surface area contributed by atoms with E-state index in [4.69, 9.17) is 0 Å². The van der Waals surface area contributed by atoms with E-state index in [0.717, 1.165) is 21.2 Å². The minimum atomic E-state index is -3.74. The van der Waals surface area contributed by atoms with Gasteiger partial charge in [-0.25, -0.2) is 8.42 Å². The number of para-hydroxylation sites is 1. The Morgan fingerprint density at radius 2 is 1.68 bits per heavy atom. The molecule has 0 aliphatic rings. The van der Waals surface area contributed by atoms with Gasteiger partial charge in [-0.15, -0.1) is 11.3 Å². The normalized spacial score (nSPS) is 12.4. The van der Waals surface area contributed by atoms with Crippen molar-refractivity contribution in [1.82, 2.24) is 9.62 Å². The molecule has 0 fully saturated rings. The zero-order valence-corrected chi connectivity index (χ0v) is 18.7. The van der Waals surface area contributed by atoms with Crippen molar-refractivity contribution in [1.29, 1.82) is 0 Å². The second kappa shape index (κ2) is 9.86. The van der Waals surface area contributed by atoms with Crippen molar-refractivity contribution in [3.63, 3.8) is 0 Å². The van der Waals surface area contributed by atoms with Gasteiger partial charge in [0.05, 0.1) is 23.8 Å². The molecule has 0 spiro atoms. The summed E-state index contributed by atoms with van der Waals surface area (Å²) in [5.74, 6) is -0.884. The van der Waals surface area contributed by atoms with Gasteiger partial charge in [-0.05, 0) is 36.1 Å². The van der Waals surface area contributed by atoms with Gasteiger partial charge >= 0.3 is 0 Å². The number of carbonyl (C=O) groups excluding carboxylic acids is 2. The van der Waals surface area contributed by atoms with Crippen molar-refractivity contribution < 1.29 is 18.0 Å². The van der Waals surface area contributed by atoms with Crippen molar-refractivity contribution in [3.8, 4) is 0 Å². The first-order chi connectivity index (χ1) is 14.8. The fourth-order valence-electron chi connectivity index (χ4n) is 2.93. The van der Waals surface area contributed by atoms with E-state index in [1.165, 1.54) is 13.1 Å². The number of carbonyl (C=O) groups is 2. The maximum atomic E-state index is 12.8. The highest BCUT2D eigenvalue weighted by molar-refractivity contribution is 7.91. The summed E-state index contributed by atoms with van der Waals surface area (Å²) in [5, 5.41) is 7.22. The van der Waals surface area contributed by atoms with Gasteiger partial charge in [0.2, 0.25) is 5.91 Å². The molecule has 0 radical (unpaired) electrons. The summed E-state index contributed by atoms with van der Waals surface area (Å²) in [5.41, 5.74) is 1.56. The van der Waals surface area contributed by atoms with Gasteiger partial charge in [0.25, 0.3) is 15.9 Å². The molecule has 3 aromatic rings. The highest BCUT2D eigenvalue weighted by Gasteiger charge is 2.24. The molecule has 9 heteroatoms. The number of likely N-dealkylation sites (N-methyl/N-ethyl adjacent to an activating group) is 1. The Labute approximate surface area is 185 Å². The van der Waals surface area contributed by atoms with Crippen LogP contribution in [-0.4, -0.2) is 38.1 Å². The number of hydrogen-bond donors (Lipinski definition) is 2. The van der Waals surface area contributed by atoms with Crippen LogP contribution in [0, 0.1) is 0 Å². The number of rotatable bonds is 8. The number of thiophene rings is 1. The number of sulfonamides is 1. The molecule has 0 saturated heterocycles. The molecule has 2 amide bonds. The predicted octanol–water partition coefficient (Wildman–Crippen LogP) is 3.50. The third kappa shape index (κ3) is 5.57. The van der Waals surface area contributed by atoms with Crippen LogP contribution in [0.3, 0.4) is 0 Å². The Morgan fingerprint density at radius 1 is 1.00 bits per heavy atom. The molecule has 7 nitrogen and oxygen atoms in total. The van der Waals surface area contributed by atoms with Crippen molar-refractivity contribution >= 4 is 38.9 Å². The van der Waals surface area contributed by atoms with Gasteiger partial charge in [-0.3, -0.25) is 9.59 Å². The van der Waals surface area contributed by atoms with Crippen LogP contribution < -0.4 is 10.6 Å². The number of anilines is 1. The SMILES string of the molecule is CC(NC(=O)c1ccccc1NC(=O)CN(C)S(=O)(=O)c1cccs1)c1ccccc1. The largest absolute Gasteiger partial charge is 0.345 e. The summed E-state index contributed by atoms with van der Waals surface area (Å²) in [6.45, 7) is 1.50. The molecule has 1 heterocycles. The van der Waals surface area contributed by atoms with Crippen molar-refractivity contribution in [2.75, 3.05) is 18.9 Å². The molecule has 0 aliphatic heterocycles. The van der Waals surface area contributed by atoms with Crippen LogP contribution in [0.5, 0.6) is 0 Å². The first-order valence-electron chi connectivity index (χ1n) is 9.53. The molecule has 3 rings (SSSR count). The fraction of sp³-hybridized carbons (Fsp3) is 0.182. The number of nitrogens with one attached hydrogen (secondary N) is 2. The minimum Gasteiger partial charge on any atom is -0.345 e. The molecular formula is C22H23N3O4S2. The molecule has 2 N–H and O–H groups in total. The van der Waals surface area contributed by atoms with E-state index < -0.39 is 15.9 Å². The van der Waals surface area contributed by atoms with E-state index >= 15 is 0 Å². The summed E-state index contributed by atoms with van der Waals surface area (Å²) >= 11 is 1.09. The number of nitrogens with zero attached hydrogens (tertiary/aromatic N) is 1. The maximum Gasteiger partial charge on any atom is 0.253 e. The Bertz CT molecular complexity index is 1150. The maximum absolute atomic E-state index is 12.8. The van der Waals surface area contributed by atoms with Gasteiger partial charge < -0.3 is 10.6 Å². The van der Waals surface area contributed by atoms with Crippen molar-refractivity contribution in [2.24, 2.45) is 0 Å². The van der Waals surface area contributed by atoms with Crippen molar-refractivity contribution in [2.45, 2.75) is 17.2 Å². The summed E-state index contributed by atoms with van der Waals surface area (Å²) in [7, 11) is -2.40. The second-order valence-corrected chi connectivity index (χ2v) is 10.1. The average Bonchev–Trinajstić information content (AvgIpc) is 3.30. The van der Waals surface area contributed by atoms with Crippen molar-refractivity contribution in [3.05, 3.63) is 83.2 Å². The predicted molar refractivity (Wildman–Crippen MR) is 122 cm³/mol. The van der Waals surface area contributed by atoms with Gasteiger partial charge in [-0.2, -0.15) is 4.31 Å². The van der Waals surface area contributed by atoms with Crippen LogP contribution in [0.25, 0.3) is 0 Å². The second-order valence-electron chi connectivity index (χ2n) is 6.89. The molecule has 1 unspecified atom stereocenters. The lowest BCUT2D eigenvalue weighted by Gasteiger charge is -2.18. The van der Waals surface area contributed by atoms with Gasteiger partial charge in [0.1, 0.15) is 4.21 Å². The zero-order valence-electron chi connectivity index (χ0n) is 17.1. The van der Waals surface area contributed by atoms with E-state index in [9.17, 15) is 18.0 Å². The number of hydrogen-bond acceptors (Lipinski definition) is 5. The molecule has 1 atom stereocenters. The monoisotopic (exact) mass is 457 g/mol. The van der Waals surface area contributed by atoms with Gasteiger partial charge in [0, 0.05) is 7.05 Å². The van der Waals surface area contributed by atoms with Crippen LogP contribution in [0.4, 0.5) is 5.69 Å². The Kier molecular flexibility index (Phi) is 7.21. The van der Waals surface area contributed by atoms with E-state index in [2.05, 4.69) is 10.6 Å². The third-order valence-corrected chi connectivity index (χ3v) is 7.80. The van der Waals surface area contributed by atoms with Crippen LogP contribution in [-0.2, 0) is 14.8 Å². The molecular weight excluding hydrogens is 434 g/mol. The Balaban J connectivity index is 1.68. The van der Waals surface area contributed by atoms with E-state index in [1.807, 2.05) is 37.3 Å². The summed E-state index contributed by atoms with van der Waals surface area (Å²) in [6, 6.07) is 19.0. The number of amides is 2. The quantitative estimate of drug-likeness (QED) is 0.541. The molecule has 0 saturated carbocycles. The lowest BCUT2D eigenvalue weighted by molar-refractivity contribution is -0.116. The fourth-order valence-corrected chi connectivity index (χ4v) is 5.26. The van der Waals surface area contributed by atoms with E-state index in [1.54, 1.807) is 35.7 Å². The van der Waals surface area contributed by atoms with Crippen LogP contribution in [0.15, 0.2) is 76.3 Å². The first kappa shape index (κ1) is 22.7. The molecule has 2 aromatic carbocycles. The van der Waals surface area contributed by atoms with Gasteiger partial charge in [-0.1, -0.05) is 48.5 Å². The smallest absolute Gasteiger partial charge is 0.253 e. The lowest BCUT2D eigenvalue weighted by atomic mass is 10.1. The lowest BCUT2D eigenvalue weighted by Crippen LogP contribution is -2.35. The standard InChI is InChI=1S/C22H23N3O4S2/c1-16(17-9-4-3-5-10-17)23-22(27)18-11-6-7-12-19(18)24-20(26)15-25(2)31(28,29)21-13-8-14-30-21/h3-14,16H,15H2,1-2H3,(H,23,27)(H,24,26). The highest BCUT2D eigenvalue weighted by atomic mass is 32.2. The zero-order chi connectivity index (χ0) is 22.4. The Hall–Kier alpha value is -3.01. The topological polar surface area (TPSA) is 95.6 Å². The Morgan fingerprint density at radius 3 is 2.35 bits per heavy atom. The van der Waals surface area contributed by atoms with Gasteiger partial charge in [0.15, 0.2) is 0 Å². The molecule has 162 valence electrons. The van der Waals surface area contributed by atoms with Crippen LogP contribution in [0.1, 0.15) is 28.9 Å². The molecule has 31 heavy (non-hydrogen) atoms. The average molecular weight is 458 g/mol. The summed E-state index contributed by atoms with van der Waals surface area (Å²) in [4.78, 5) is 25.3. The summed E-state index contributed by atoms with van der Waals surface area (Å²) in [6.07, 6.45) is 0. The molecule has 1 aromatic heterocycles. The third-order valence-electron chi connectivity index (χ3n) is 4.62. The highest BCUT2D eigenvalue weighted by Crippen LogP contribution is 2.21. The minimum absolute atomic E-state index is 0.164. The van der Waals surface area contributed by atoms with Crippen LogP contribution >= 0.6 is 11.3 Å². The summed E-state index contributed by atoms with van der Waals surface area (Å²) < 4.78 is 26.2. The molecule has 0 bridgehead atoms. The number of benzene rings is 2. The van der Waals surface area contributed by atoms with E-state index in [-0.39, 0.29) is 22.7 Å². The first-order valence-corrected chi connectivity index (χ1v) is 11.9. The molecule has 0 aliphatic carbocycles. The van der Waals surface area contributed by atoms with Crippen LogP contribution in [0.2, 0.25) is 0 Å². The van der Waals surface area contributed by atoms with E-state index in [0.29, 0.717) is 11.3 Å².